The summed E-state index contributed by atoms with van der Waals surface area (Å²) in [4.78, 5) is 26.7. The van der Waals surface area contributed by atoms with Gasteiger partial charge in [0, 0.05) is 10.6 Å². The number of aromatic amines is 1. The van der Waals surface area contributed by atoms with Crippen LogP contribution in [0.2, 0.25) is 5.02 Å². The monoisotopic (exact) mass is 401 g/mol. The number of carbonyl (C=O) groups is 2. The van der Waals surface area contributed by atoms with E-state index in [1.165, 1.54) is 30.3 Å². The molecule has 0 atom stereocenters. The summed E-state index contributed by atoms with van der Waals surface area (Å²) in [7, 11) is 0. The molecule has 3 N–H and O–H groups in total. The predicted molar refractivity (Wildman–Crippen MR) is 102 cm³/mol. The molecule has 3 rings (SSSR count). The molecule has 0 unspecified atom stereocenters. The maximum Gasteiger partial charge on any atom is 0.342 e. The summed E-state index contributed by atoms with van der Waals surface area (Å²) in [5.41, 5.74) is 1.44. The molecule has 3 aromatic rings. The molecule has 2 aromatic carbocycles. The third kappa shape index (κ3) is 4.75. The number of carboxylic acid groups (broad SMARTS) is 2. The molecule has 7 nitrogen and oxygen atoms in total. The zero-order valence-electron chi connectivity index (χ0n) is 13.6. The maximum atomic E-state index is 11.5. The van der Waals surface area contributed by atoms with Gasteiger partial charge in [0.1, 0.15) is 4.91 Å². The standard InChI is InChI=1S/C18H12ClN3O4S/c19-13-7-5-11(6-8-13)15-20-18(22-21-15)27-14(17(25)26)9-10-1-3-12(4-2-10)16(23)24/h1-9H,(H,23,24)(H,25,26)(H,20,21,22)/b14-9-. The number of nitrogens with zero attached hydrogens (tertiary/aromatic N) is 2. The highest BCUT2D eigenvalue weighted by Gasteiger charge is 2.14. The van der Waals surface area contributed by atoms with Crippen LogP contribution in [0.25, 0.3) is 17.5 Å². The van der Waals surface area contributed by atoms with Gasteiger partial charge in [-0.05, 0) is 59.8 Å². The van der Waals surface area contributed by atoms with Crippen LogP contribution < -0.4 is 0 Å². The lowest BCUT2D eigenvalue weighted by molar-refractivity contribution is -0.131. The molecule has 0 saturated carbocycles. The van der Waals surface area contributed by atoms with Gasteiger partial charge < -0.3 is 10.2 Å². The van der Waals surface area contributed by atoms with Crippen LogP contribution in [0.4, 0.5) is 0 Å². The van der Waals surface area contributed by atoms with E-state index in [-0.39, 0.29) is 15.6 Å². The Labute approximate surface area is 162 Å². The number of aromatic nitrogens is 3. The van der Waals surface area contributed by atoms with Gasteiger partial charge in [-0.2, -0.15) is 0 Å². The van der Waals surface area contributed by atoms with Crippen LogP contribution in [0.3, 0.4) is 0 Å². The number of nitrogens with one attached hydrogen (secondary N) is 1. The van der Waals surface area contributed by atoms with Gasteiger partial charge in [-0.1, -0.05) is 23.7 Å². The van der Waals surface area contributed by atoms with Gasteiger partial charge in [0.2, 0.25) is 5.16 Å². The lowest BCUT2D eigenvalue weighted by Crippen LogP contribution is -1.98. The maximum absolute atomic E-state index is 11.5. The van der Waals surface area contributed by atoms with Crippen molar-refractivity contribution in [2.45, 2.75) is 5.16 Å². The van der Waals surface area contributed by atoms with E-state index in [1.54, 1.807) is 24.3 Å². The fraction of sp³-hybridized carbons (Fsp3) is 0. The average Bonchev–Trinajstić information content (AvgIpc) is 3.10. The summed E-state index contributed by atoms with van der Waals surface area (Å²) in [5, 5.41) is 26.0. The molecule has 0 aliphatic rings. The molecule has 9 heteroatoms. The van der Waals surface area contributed by atoms with Gasteiger partial charge in [0.15, 0.2) is 5.82 Å². The van der Waals surface area contributed by atoms with Crippen LogP contribution in [-0.2, 0) is 4.79 Å². The van der Waals surface area contributed by atoms with E-state index < -0.39 is 11.9 Å². The van der Waals surface area contributed by atoms with Crippen molar-refractivity contribution in [2.75, 3.05) is 0 Å². The van der Waals surface area contributed by atoms with Crippen molar-refractivity contribution in [3.63, 3.8) is 0 Å². The second kappa shape index (κ2) is 8.07. The molecule has 0 aliphatic carbocycles. The number of hydrogen-bond acceptors (Lipinski definition) is 5. The number of aromatic carboxylic acids is 1. The molecule has 0 spiro atoms. The van der Waals surface area contributed by atoms with Crippen LogP contribution in [0.15, 0.2) is 58.6 Å². The van der Waals surface area contributed by atoms with Crippen molar-refractivity contribution in [1.82, 2.24) is 15.2 Å². The summed E-state index contributed by atoms with van der Waals surface area (Å²) in [6, 6.07) is 12.9. The Morgan fingerprint density at radius 2 is 1.70 bits per heavy atom. The summed E-state index contributed by atoms with van der Waals surface area (Å²) in [5.74, 6) is -1.70. The lowest BCUT2D eigenvalue weighted by atomic mass is 10.1. The van der Waals surface area contributed by atoms with Crippen molar-refractivity contribution in [1.29, 1.82) is 0 Å². The van der Waals surface area contributed by atoms with Gasteiger partial charge in [-0.15, -0.1) is 5.10 Å². The molecule has 0 aliphatic heterocycles. The van der Waals surface area contributed by atoms with E-state index >= 15 is 0 Å². The van der Waals surface area contributed by atoms with Gasteiger partial charge in [-0.3, -0.25) is 5.10 Å². The van der Waals surface area contributed by atoms with Crippen molar-refractivity contribution in [3.8, 4) is 11.4 Å². The Morgan fingerprint density at radius 3 is 2.30 bits per heavy atom. The van der Waals surface area contributed by atoms with Crippen molar-refractivity contribution in [3.05, 3.63) is 69.6 Å². The van der Waals surface area contributed by atoms with E-state index in [0.717, 1.165) is 17.3 Å². The summed E-state index contributed by atoms with van der Waals surface area (Å²) < 4.78 is 0. The first-order valence-electron chi connectivity index (χ1n) is 7.57. The first kappa shape index (κ1) is 18.7. The van der Waals surface area contributed by atoms with Crippen LogP contribution >= 0.6 is 23.4 Å². The minimum atomic E-state index is -1.14. The zero-order chi connectivity index (χ0) is 19.4. The number of halogens is 1. The molecular formula is C18H12ClN3O4S. The molecule has 27 heavy (non-hydrogen) atoms. The Bertz CT molecular complexity index is 1010. The van der Waals surface area contributed by atoms with Crippen molar-refractivity contribution < 1.29 is 19.8 Å². The van der Waals surface area contributed by atoms with Crippen LogP contribution in [0.1, 0.15) is 15.9 Å². The van der Waals surface area contributed by atoms with Gasteiger partial charge in [-0.25, -0.2) is 14.6 Å². The van der Waals surface area contributed by atoms with Crippen LogP contribution in [0, 0.1) is 0 Å². The minimum absolute atomic E-state index is 0.000249. The molecule has 0 amide bonds. The molecule has 136 valence electrons. The Hall–Kier alpha value is -3.10. The van der Waals surface area contributed by atoms with Gasteiger partial charge in [0.05, 0.1) is 5.56 Å². The smallest absolute Gasteiger partial charge is 0.342 e. The second-order valence-electron chi connectivity index (χ2n) is 5.32. The fourth-order valence-corrected chi connectivity index (χ4v) is 2.97. The first-order chi connectivity index (χ1) is 12.9. The number of H-pyrrole nitrogens is 1. The molecule has 1 heterocycles. The first-order valence-corrected chi connectivity index (χ1v) is 8.76. The number of thioether (sulfide) groups is 1. The largest absolute Gasteiger partial charge is 0.478 e. The highest BCUT2D eigenvalue weighted by molar-refractivity contribution is 8.04. The van der Waals surface area contributed by atoms with E-state index in [4.69, 9.17) is 16.7 Å². The highest BCUT2D eigenvalue weighted by atomic mass is 35.5. The van der Waals surface area contributed by atoms with E-state index in [1.807, 2.05) is 0 Å². The molecule has 0 fully saturated rings. The van der Waals surface area contributed by atoms with Crippen molar-refractivity contribution in [2.24, 2.45) is 0 Å². The number of carboxylic acids is 2. The number of rotatable bonds is 6. The number of hydrogen-bond donors (Lipinski definition) is 3. The molecule has 1 aromatic heterocycles. The minimum Gasteiger partial charge on any atom is -0.478 e. The van der Waals surface area contributed by atoms with E-state index in [0.29, 0.717) is 16.4 Å². The predicted octanol–water partition coefficient (Wildman–Crippen LogP) is 4.04. The quantitative estimate of drug-likeness (QED) is 0.421. The third-order valence-electron chi connectivity index (χ3n) is 3.45. The normalized spacial score (nSPS) is 11.4. The van der Waals surface area contributed by atoms with Gasteiger partial charge >= 0.3 is 11.9 Å². The third-order valence-corrected chi connectivity index (χ3v) is 4.58. The summed E-state index contributed by atoms with van der Waals surface area (Å²) >= 11 is 6.74. The summed E-state index contributed by atoms with van der Waals surface area (Å²) in [6.07, 6.45) is 1.43. The van der Waals surface area contributed by atoms with E-state index in [2.05, 4.69) is 15.2 Å². The Balaban J connectivity index is 1.81. The van der Waals surface area contributed by atoms with Gasteiger partial charge in [0.25, 0.3) is 0 Å². The Kier molecular flexibility index (Phi) is 5.58. The highest BCUT2D eigenvalue weighted by Crippen LogP contribution is 2.28. The lowest BCUT2D eigenvalue weighted by Gasteiger charge is -2.00. The molecule has 0 saturated heterocycles. The van der Waals surface area contributed by atoms with Crippen LogP contribution in [-0.4, -0.2) is 37.3 Å². The number of aliphatic carboxylic acids is 1. The number of benzene rings is 2. The molecule has 0 radical (unpaired) electrons. The average molecular weight is 402 g/mol. The van der Waals surface area contributed by atoms with E-state index in [9.17, 15) is 14.7 Å². The zero-order valence-corrected chi connectivity index (χ0v) is 15.2. The van der Waals surface area contributed by atoms with Crippen molar-refractivity contribution >= 4 is 41.4 Å². The van der Waals surface area contributed by atoms with Crippen LogP contribution in [0.5, 0.6) is 0 Å². The summed E-state index contributed by atoms with van der Waals surface area (Å²) in [6.45, 7) is 0. The molecular weight excluding hydrogens is 390 g/mol. The topological polar surface area (TPSA) is 116 Å². The molecule has 0 bridgehead atoms. The SMILES string of the molecule is O=C(O)/C(=C/c1ccc(C(=O)O)cc1)Sc1n[nH]c(-c2ccc(Cl)cc2)n1. The second-order valence-corrected chi connectivity index (χ2v) is 6.76. The Morgan fingerprint density at radius 1 is 1.04 bits per heavy atom. The fourth-order valence-electron chi connectivity index (χ4n) is 2.14.